The van der Waals surface area contributed by atoms with Crippen molar-refractivity contribution in [2.45, 2.75) is 38.0 Å². The summed E-state index contributed by atoms with van der Waals surface area (Å²) < 4.78 is 0. The van der Waals surface area contributed by atoms with Crippen molar-refractivity contribution in [3.8, 4) is 0 Å². The molecule has 0 fully saturated rings. The van der Waals surface area contributed by atoms with Crippen molar-refractivity contribution in [2.24, 2.45) is 0 Å². The average Bonchev–Trinajstić information content (AvgIpc) is 1.64. The Labute approximate surface area is 59.3 Å². The molecule has 0 saturated carbocycles. The molecule has 2 atom stereocenters. The molecule has 0 bridgehead atoms. The largest absolute Gasteiger partial charge is 0.392 e. The van der Waals surface area contributed by atoms with Crippen molar-refractivity contribution in [3.63, 3.8) is 0 Å². The molecule has 0 aliphatic rings. The molecule has 0 heterocycles. The van der Waals surface area contributed by atoms with Gasteiger partial charge in [0.2, 0.25) is 0 Å². The molecule has 2 N–H and O–H groups in total. The lowest BCUT2D eigenvalue weighted by Gasteiger charge is -2.34. The fraction of sp³-hybridized carbons (Fsp3) is 1.00. The SMILES string of the molecule is CCC(C)(O)C(C)(O)[SiH3]. The molecule has 56 valence electrons. The molecule has 0 aromatic rings. The maximum atomic E-state index is 9.44. The van der Waals surface area contributed by atoms with Gasteiger partial charge in [-0.25, -0.2) is 0 Å². The maximum absolute atomic E-state index is 9.44. The fourth-order valence-corrected chi connectivity index (χ4v) is 0.786. The van der Waals surface area contributed by atoms with E-state index in [-0.39, 0.29) is 0 Å². The number of rotatable bonds is 2. The van der Waals surface area contributed by atoms with Gasteiger partial charge in [0.15, 0.2) is 0 Å². The third-order valence-electron chi connectivity index (χ3n) is 2.01. The summed E-state index contributed by atoms with van der Waals surface area (Å²) in [5.74, 6) is 0. The van der Waals surface area contributed by atoms with Crippen LogP contribution in [0.3, 0.4) is 0 Å². The summed E-state index contributed by atoms with van der Waals surface area (Å²) in [5, 5.41) is 17.9. The Kier molecular flexibility index (Phi) is 2.44. The van der Waals surface area contributed by atoms with Crippen molar-refractivity contribution in [1.29, 1.82) is 0 Å². The van der Waals surface area contributed by atoms with Gasteiger partial charge in [0.05, 0.1) is 10.8 Å². The number of hydrogen-bond acceptors (Lipinski definition) is 2. The van der Waals surface area contributed by atoms with Crippen molar-refractivity contribution < 1.29 is 10.2 Å². The minimum atomic E-state index is -0.904. The Morgan fingerprint density at radius 3 is 1.67 bits per heavy atom. The van der Waals surface area contributed by atoms with Crippen molar-refractivity contribution in [1.82, 2.24) is 0 Å². The summed E-state index contributed by atoms with van der Waals surface area (Å²) in [4.78, 5) is 0. The van der Waals surface area contributed by atoms with Gasteiger partial charge in [0, 0.05) is 10.2 Å². The monoisotopic (exact) mass is 148 g/mol. The van der Waals surface area contributed by atoms with E-state index < -0.39 is 10.8 Å². The van der Waals surface area contributed by atoms with Gasteiger partial charge < -0.3 is 10.2 Å². The highest BCUT2D eigenvalue weighted by Crippen LogP contribution is 2.21. The molecule has 0 radical (unpaired) electrons. The van der Waals surface area contributed by atoms with Crippen LogP contribution in [0, 0.1) is 0 Å². The van der Waals surface area contributed by atoms with Crippen LogP contribution in [0.2, 0.25) is 0 Å². The summed E-state index contributed by atoms with van der Waals surface area (Å²) in [6.45, 7) is 5.20. The predicted octanol–water partition coefficient (Wildman–Crippen LogP) is -0.779. The smallest absolute Gasteiger partial charge is 0.0859 e. The lowest BCUT2D eigenvalue weighted by atomic mass is 9.97. The lowest BCUT2D eigenvalue weighted by molar-refractivity contribution is -0.0815. The topological polar surface area (TPSA) is 40.5 Å². The van der Waals surface area contributed by atoms with Crippen LogP contribution in [-0.4, -0.2) is 31.3 Å². The van der Waals surface area contributed by atoms with Gasteiger partial charge in [-0.15, -0.1) is 0 Å². The Hall–Kier alpha value is 0.137. The minimum absolute atomic E-state index is 0.601. The Balaban J connectivity index is 4.14. The van der Waals surface area contributed by atoms with E-state index in [4.69, 9.17) is 0 Å². The summed E-state index contributed by atoms with van der Waals surface area (Å²) in [5.41, 5.74) is -0.904. The number of hydrogen-bond donors (Lipinski definition) is 2. The zero-order valence-corrected chi connectivity index (χ0v) is 8.60. The highest BCUT2D eigenvalue weighted by molar-refractivity contribution is 6.14. The van der Waals surface area contributed by atoms with Gasteiger partial charge in [-0.3, -0.25) is 0 Å². The van der Waals surface area contributed by atoms with Crippen LogP contribution in [0.15, 0.2) is 0 Å². The second-order valence-electron chi connectivity index (χ2n) is 3.19. The van der Waals surface area contributed by atoms with Crippen molar-refractivity contribution in [2.75, 3.05) is 0 Å². The zero-order valence-electron chi connectivity index (χ0n) is 6.60. The Morgan fingerprint density at radius 2 is 1.67 bits per heavy atom. The molecule has 0 aromatic heterocycles. The summed E-state index contributed by atoms with van der Waals surface area (Å²) >= 11 is 0. The van der Waals surface area contributed by atoms with Crippen LogP contribution in [0.4, 0.5) is 0 Å². The molecule has 0 aliphatic heterocycles. The summed E-state index contributed by atoms with van der Waals surface area (Å²) in [7, 11) is 0.602. The summed E-state index contributed by atoms with van der Waals surface area (Å²) in [6.07, 6.45) is 0.601. The molecular weight excluding hydrogens is 132 g/mol. The van der Waals surface area contributed by atoms with Gasteiger partial charge in [0.25, 0.3) is 0 Å². The molecule has 0 amide bonds. The Bertz CT molecular complexity index is 93.7. The highest BCUT2D eigenvalue weighted by atomic mass is 28.1. The van der Waals surface area contributed by atoms with E-state index in [2.05, 4.69) is 0 Å². The van der Waals surface area contributed by atoms with Crippen LogP contribution in [0.25, 0.3) is 0 Å². The second-order valence-corrected chi connectivity index (χ2v) is 5.13. The molecule has 0 rings (SSSR count). The van der Waals surface area contributed by atoms with Crippen LogP contribution in [0.1, 0.15) is 27.2 Å². The molecule has 2 unspecified atom stereocenters. The van der Waals surface area contributed by atoms with E-state index >= 15 is 0 Å². The molecule has 0 aliphatic carbocycles. The quantitative estimate of drug-likeness (QED) is 0.504. The van der Waals surface area contributed by atoms with E-state index in [0.29, 0.717) is 16.7 Å². The van der Waals surface area contributed by atoms with Crippen LogP contribution in [0.5, 0.6) is 0 Å². The molecule has 0 aromatic carbocycles. The average molecular weight is 148 g/mol. The van der Waals surface area contributed by atoms with Gasteiger partial charge in [-0.1, -0.05) is 6.92 Å². The third-order valence-corrected chi connectivity index (χ3v) is 3.08. The van der Waals surface area contributed by atoms with Crippen LogP contribution >= 0.6 is 0 Å². The van der Waals surface area contributed by atoms with E-state index in [1.54, 1.807) is 13.8 Å². The molecule has 3 heteroatoms. The zero-order chi connectivity index (χ0) is 7.71. The molecule has 2 nitrogen and oxygen atoms in total. The van der Waals surface area contributed by atoms with Crippen molar-refractivity contribution in [3.05, 3.63) is 0 Å². The Morgan fingerprint density at radius 1 is 1.33 bits per heavy atom. The molecule has 9 heavy (non-hydrogen) atoms. The first-order valence-corrected chi connectivity index (χ1v) is 4.26. The normalized spacial score (nSPS) is 25.0. The lowest BCUT2D eigenvalue weighted by Crippen LogP contribution is -2.49. The van der Waals surface area contributed by atoms with Gasteiger partial charge in [-0.05, 0) is 20.3 Å². The molecule has 0 saturated heterocycles. The first-order valence-electron chi connectivity index (χ1n) is 3.26. The second kappa shape index (κ2) is 2.40. The van der Waals surface area contributed by atoms with Crippen LogP contribution in [-0.2, 0) is 0 Å². The number of aliphatic hydroxyl groups is 2. The van der Waals surface area contributed by atoms with E-state index in [1.807, 2.05) is 6.92 Å². The van der Waals surface area contributed by atoms with E-state index in [9.17, 15) is 10.2 Å². The predicted molar refractivity (Wildman–Crippen MR) is 41.5 cm³/mol. The first-order chi connectivity index (χ1) is 3.81. The fourth-order valence-electron chi connectivity index (χ4n) is 0.433. The van der Waals surface area contributed by atoms with E-state index in [1.165, 1.54) is 0 Å². The summed E-state index contributed by atoms with van der Waals surface area (Å²) in [6, 6.07) is 0. The first kappa shape index (κ1) is 9.14. The third kappa shape index (κ3) is 2.08. The maximum Gasteiger partial charge on any atom is 0.0859 e. The van der Waals surface area contributed by atoms with Gasteiger partial charge in [0.1, 0.15) is 0 Å². The standard InChI is InChI=1S/C6H16O2Si/c1-4-5(2,7)6(3,8)9/h7-8H,4H2,1-3,9H3. The minimum Gasteiger partial charge on any atom is -0.392 e. The molecule has 0 spiro atoms. The highest BCUT2D eigenvalue weighted by Gasteiger charge is 2.34. The van der Waals surface area contributed by atoms with Gasteiger partial charge in [-0.2, -0.15) is 0 Å². The van der Waals surface area contributed by atoms with Crippen LogP contribution < -0.4 is 0 Å². The van der Waals surface area contributed by atoms with E-state index in [0.717, 1.165) is 0 Å². The van der Waals surface area contributed by atoms with Gasteiger partial charge >= 0.3 is 0 Å². The van der Waals surface area contributed by atoms with Crippen molar-refractivity contribution >= 4 is 10.2 Å². The molecular formula is C6H16O2Si.